The maximum absolute atomic E-state index is 13.3. The van der Waals surface area contributed by atoms with Crippen molar-refractivity contribution in [3.05, 3.63) is 58.3 Å². The highest BCUT2D eigenvalue weighted by Gasteiger charge is 2.13. The molecule has 2 nitrogen and oxygen atoms in total. The third kappa shape index (κ3) is 1.84. The maximum atomic E-state index is 13.3. The minimum Gasteiger partial charge on any atom is -0.329 e. The zero-order valence-electron chi connectivity index (χ0n) is 7.93. The second kappa shape index (κ2) is 3.84. The molecule has 0 fully saturated rings. The number of H-pyrrole nitrogens is 1. The van der Waals surface area contributed by atoms with Crippen molar-refractivity contribution in [2.24, 2.45) is 0 Å². The zero-order valence-corrected chi connectivity index (χ0v) is 7.93. The van der Waals surface area contributed by atoms with Gasteiger partial charge in [-0.05, 0) is 11.6 Å². The minimum absolute atomic E-state index is 0.0683. The normalized spacial score (nSPS) is 10.4. The van der Waals surface area contributed by atoms with E-state index in [0.717, 1.165) is 6.07 Å². The Morgan fingerprint density at radius 3 is 2.19 bits per heavy atom. The Hall–Kier alpha value is -2.04. The highest BCUT2D eigenvalue weighted by atomic mass is 19.1. The lowest BCUT2D eigenvalue weighted by atomic mass is 10.1. The van der Waals surface area contributed by atoms with Crippen molar-refractivity contribution >= 4 is 0 Å². The molecule has 0 aliphatic heterocycles. The first-order valence-corrected chi connectivity index (χ1v) is 4.41. The van der Waals surface area contributed by atoms with Gasteiger partial charge in [-0.2, -0.15) is 0 Å². The molecule has 0 spiro atoms. The lowest BCUT2D eigenvalue weighted by Crippen LogP contribution is -2.03. The molecule has 0 bridgehead atoms. The van der Waals surface area contributed by atoms with Crippen LogP contribution < -0.4 is 5.56 Å². The van der Waals surface area contributed by atoms with Gasteiger partial charge in [0.2, 0.25) is 5.56 Å². The van der Waals surface area contributed by atoms with Gasteiger partial charge in [0.25, 0.3) is 0 Å². The molecule has 16 heavy (non-hydrogen) atoms. The molecule has 1 heterocycles. The summed E-state index contributed by atoms with van der Waals surface area (Å²) in [5.41, 5.74) is -0.827. The molecule has 1 aromatic heterocycles. The third-order valence-corrected chi connectivity index (χ3v) is 2.07. The molecular formula is C11H6F3NO. The average Bonchev–Trinajstić information content (AvgIpc) is 2.15. The highest BCUT2D eigenvalue weighted by Crippen LogP contribution is 2.25. The van der Waals surface area contributed by atoms with Crippen molar-refractivity contribution < 1.29 is 13.2 Å². The van der Waals surface area contributed by atoms with Crippen LogP contribution >= 0.6 is 0 Å². The minimum atomic E-state index is -1.04. The number of pyridine rings is 1. The van der Waals surface area contributed by atoms with E-state index in [1.165, 1.54) is 12.3 Å². The van der Waals surface area contributed by atoms with Crippen molar-refractivity contribution in [1.82, 2.24) is 4.98 Å². The lowest BCUT2D eigenvalue weighted by Gasteiger charge is -2.04. The lowest BCUT2D eigenvalue weighted by molar-refractivity contribution is 0.548. The fraction of sp³-hybridized carbons (Fsp3) is 0. The van der Waals surface area contributed by atoms with Gasteiger partial charge in [-0.3, -0.25) is 4.79 Å². The number of halogens is 3. The van der Waals surface area contributed by atoms with Crippen LogP contribution in [0.4, 0.5) is 13.2 Å². The first-order valence-electron chi connectivity index (χ1n) is 4.41. The molecule has 82 valence electrons. The van der Waals surface area contributed by atoms with Gasteiger partial charge in [-0.15, -0.1) is 0 Å². The smallest absolute Gasteiger partial charge is 0.248 e. The summed E-state index contributed by atoms with van der Waals surface area (Å²) in [5.74, 6) is -3.07. The molecule has 0 unspecified atom stereocenters. The van der Waals surface area contributed by atoms with E-state index in [1.54, 1.807) is 0 Å². The summed E-state index contributed by atoms with van der Waals surface area (Å²) in [6, 6.07) is 3.51. The third-order valence-electron chi connectivity index (χ3n) is 2.07. The number of hydrogen-bond donors (Lipinski definition) is 1. The average molecular weight is 225 g/mol. The topological polar surface area (TPSA) is 32.9 Å². The van der Waals surface area contributed by atoms with Gasteiger partial charge in [0.05, 0.1) is 5.56 Å². The molecule has 0 atom stereocenters. The molecule has 5 heteroatoms. The van der Waals surface area contributed by atoms with Crippen LogP contribution in [0.5, 0.6) is 0 Å². The number of hydrogen-bond acceptors (Lipinski definition) is 1. The monoisotopic (exact) mass is 225 g/mol. The number of nitrogens with one attached hydrogen (secondary N) is 1. The molecule has 0 saturated heterocycles. The van der Waals surface area contributed by atoms with Crippen molar-refractivity contribution in [1.29, 1.82) is 0 Å². The van der Waals surface area contributed by atoms with E-state index < -0.39 is 28.6 Å². The van der Waals surface area contributed by atoms with Crippen molar-refractivity contribution in [3.8, 4) is 11.1 Å². The van der Waals surface area contributed by atoms with E-state index in [9.17, 15) is 18.0 Å². The van der Waals surface area contributed by atoms with Crippen LogP contribution in [0.1, 0.15) is 0 Å². The van der Waals surface area contributed by atoms with Crippen LogP contribution in [-0.2, 0) is 0 Å². The summed E-state index contributed by atoms with van der Waals surface area (Å²) in [6.45, 7) is 0. The Morgan fingerprint density at radius 2 is 1.62 bits per heavy atom. The Kier molecular flexibility index (Phi) is 2.52. The van der Waals surface area contributed by atoms with E-state index >= 15 is 0 Å². The van der Waals surface area contributed by atoms with E-state index in [2.05, 4.69) is 4.98 Å². The zero-order chi connectivity index (χ0) is 11.7. The van der Waals surface area contributed by atoms with Crippen molar-refractivity contribution in [2.75, 3.05) is 0 Å². The fourth-order valence-electron chi connectivity index (χ4n) is 1.42. The van der Waals surface area contributed by atoms with E-state index in [-0.39, 0.29) is 5.56 Å². The van der Waals surface area contributed by atoms with E-state index in [0.29, 0.717) is 12.1 Å². The van der Waals surface area contributed by atoms with E-state index in [1.807, 2.05) is 0 Å². The molecule has 0 amide bonds. The summed E-state index contributed by atoms with van der Waals surface area (Å²) in [4.78, 5) is 13.3. The number of aromatic amines is 1. The molecule has 2 aromatic rings. The summed E-state index contributed by atoms with van der Waals surface area (Å²) in [5, 5.41) is 0. The molecular weight excluding hydrogens is 219 g/mol. The standard InChI is InChI=1S/C11H6F3NO/c12-7-4-8(13)11(9(14)5-7)6-1-2-15-10(16)3-6/h1-5H,(H,15,16). The number of aromatic nitrogens is 1. The first kappa shape index (κ1) is 10.5. The second-order valence-electron chi connectivity index (χ2n) is 3.19. The van der Waals surface area contributed by atoms with Crippen LogP contribution in [0, 0.1) is 17.5 Å². The Bertz CT molecular complexity index is 569. The van der Waals surface area contributed by atoms with Gasteiger partial charge < -0.3 is 4.98 Å². The van der Waals surface area contributed by atoms with E-state index in [4.69, 9.17) is 0 Å². The highest BCUT2D eigenvalue weighted by molar-refractivity contribution is 5.64. The molecule has 0 saturated carbocycles. The van der Waals surface area contributed by atoms with Gasteiger partial charge in [-0.1, -0.05) is 0 Å². The summed E-state index contributed by atoms with van der Waals surface area (Å²) in [6.07, 6.45) is 1.26. The Balaban J connectivity index is 2.69. The summed E-state index contributed by atoms with van der Waals surface area (Å²) < 4.78 is 39.3. The predicted molar refractivity (Wildman–Crippen MR) is 52.4 cm³/mol. The quantitative estimate of drug-likeness (QED) is 0.794. The maximum Gasteiger partial charge on any atom is 0.248 e. The second-order valence-corrected chi connectivity index (χ2v) is 3.19. The van der Waals surface area contributed by atoms with Crippen LogP contribution in [-0.4, -0.2) is 4.98 Å². The molecule has 2 rings (SSSR count). The summed E-state index contributed by atoms with van der Waals surface area (Å²) in [7, 11) is 0. The van der Waals surface area contributed by atoms with Crippen LogP contribution in [0.3, 0.4) is 0 Å². The van der Waals surface area contributed by atoms with Crippen molar-refractivity contribution in [3.63, 3.8) is 0 Å². The van der Waals surface area contributed by atoms with Crippen LogP contribution in [0.25, 0.3) is 11.1 Å². The van der Waals surface area contributed by atoms with Gasteiger partial charge in [-0.25, -0.2) is 13.2 Å². The molecule has 1 aromatic carbocycles. The fourth-order valence-corrected chi connectivity index (χ4v) is 1.42. The summed E-state index contributed by atoms with van der Waals surface area (Å²) >= 11 is 0. The molecule has 1 N–H and O–H groups in total. The first-order chi connectivity index (χ1) is 7.58. The van der Waals surface area contributed by atoms with Crippen LogP contribution in [0.2, 0.25) is 0 Å². The largest absolute Gasteiger partial charge is 0.329 e. The predicted octanol–water partition coefficient (Wildman–Crippen LogP) is 2.46. The Morgan fingerprint density at radius 1 is 1.00 bits per heavy atom. The van der Waals surface area contributed by atoms with Gasteiger partial charge in [0.1, 0.15) is 17.5 Å². The van der Waals surface area contributed by atoms with Gasteiger partial charge >= 0.3 is 0 Å². The molecule has 0 aliphatic carbocycles. The number of rotatable bonds is 1. The molecule has 0 aliphatic rings. The Labute approximate surface area is 88.4 Å². The van der Waals surface area contributed by atoms with Gasteiger partial charge in [0, 0.05) is 24.4 Å². The molecule has 0 radical (unpaired) electrons. The number of benzene rings is 1. The van der Waals surface area contributed by atoms with Crippen LogP contribution in [0.15, 0.2) is 35.3 Å². The van der Waals surface area contributed by atoms with Gasteiger partial charge in [0.15, 0.2) is 0 Å². The van der Waals surface area contributed by atoms with Crippen molar-refractivity contribution in [2.45, 2.75) is 0 Å². The SMILES string of the molecule is O=c1cc(-c2c(F)cc(F)cc2F)cc[nH]1.